The smallest absolute Gasteiger partial charge is 0.325 e. The Balaban J connectivity index is 3.98. The first kappa shape index (κ1) is 14.5. The Hall–Kier alpha value is -1.54. The third-order valence-electron chi connectivity index (χ3n) is 1.95. The van der Waals surface area contributed by atoms with Gasteiger partial charge in [0.2, 0.25) is 0 Å². The van der Waals surface area contributed by atoms with Crippen molar-refractivity contribution >= 4 is 11.8 Å². The summed E-state index contributed by atoms with van der Waals surface area (Å²) in [6.07, 6.45) is 0.985. The molecule has 1 unspecified atom stereocenters. The maximum absolute atomic E-state index is 11.2. The van der Waals surface area contributed by atoms with E-state index in [9.17, 15) is 4.79 Å². The highest BCUT2D eigenvalue weighted by Gasteiger charge is 2.28. The quantitative estimate of drug-likeness (QED) is 0.306. The number of rotatable bonds is 4. The maximum atomic E-state index is 11.2. The van der Waals surface area contributed by atoms with Crippen molar-refractivity contribution in [1.29, 1.82) is 0 Å². The number of esters is 1. The number of nitrogens with two attached hydrogens (primary N) is 2. The molecule has 0 heterocycles. The fourth-order valence-electron chi connectivity index (χ4n) is 0.966. The fraction of sp³-hybridized carbons (Fsp3) is 0.636. The van der Waals surface area contributed by atoms with Gasteiger partial charge in [-0.3, -0.25) is 9.79 Å². The van der Waals surface area contributed by atoms with E-state index in [2.05, 4.69) is 21.6 Å². The number of methoxy groups -OCH3 is 1. The van der Waals surface area contributed by atoms with E-state index in [0.717, 1.165) is 0 Å². The van der Waals surface area contributed by atoms with E-state index in [-0.39, 0.29) is 0 Å². The first-order chi connectivity index (χ1) is 7.40. The molecule has 4 N–H and O–H groups in total. The second kappa shape index (κ2) is 6.85. The van der Waals surface area contributed by atoms with Crippen molar-refractivity contribution in [2.75, 3.05) is 13.7 Å². The molecule has 0 saturated heterocycles. The van der Waals surface area contributed by atoms with Gasteiger partial charge in [0.15, 0.2) is 0 Å². The van der Waals surface area contributed by atoms with Crippen LogP contribution in [0, 0.1) is 11.8 Å². The third-order valence-corrected chi connectivity index (χ3v) is 1.95. The molecule has 0 aromatic rings. The van der Waals surface area contributed by atoms with Crippen LogP contribution in [-0.4, -0.2) is 31.0 Å². The Bertz CT molecular complexity index is 320. The zero-order valence-electron chi connectivity index (χ0n) is 10.0. The van der Waals surface area contributed by atoms with Crippen LogP contribution in [0.3, 0.4) is 0 Å². The molecule has 0 rings (SSSR count). The topological polar surface area (TPSA) is 90.7 Å². The molecule has 0 aliphatic heterocycles. The van der Waals surface area contributed by atoms with Crippen LogP contribution in [-0.2, 0) is 9.53 Å². The van der Waals surface area contributed by atoms with Crippen molar-refractivity contribution in [2.24, 2.45) is 16.5 Å². The molecular formula is C11H19N3O2. The maximum Gasteiger partial charge on any atom is 0.325 e. The molecule has 5 nitrogen and oxygen atoms in total. The van der Waals surface area contributed by atoms with Gasteiger partial charge in [-0.25, -0.2) is 0 Å². The molecule has 0 aliphatic rings. The van der Waals surface area contributed by atoms with Crippen molar-refractivity contribution in [3.8, 4) is 11.8 Å². The summed E-state index contributed by atoms with van der Waals surface area (Å²) in [5.74, 6) is 5.78. The number of nitrogens with zero attached hydrogens (tertiary/aromatic N) is 1. The summed E-state index contributed by atoms with van der Waals surface area (Å²) in [6, 6.07) is 0. The summed E-state index contributed by atoms with van der Waals surface area (Å²) in [5.41, 5.74) is 10.1. The van der Waals surface area contributed by atoms with Gasteiger partial charge in [0.1, 0.15) is 12.1 Å². The zero-order chi connectivity index (χ0) is 12.6. The SMILES string of the molecule is COC(=O)C(C)(N)CCC#CCN=C(C)N. The molecule has 0 radical (unpaired) electrons. The average Bonchev–Trinajstić information content (AvgIpc) is 2.21. The predicted octanol–water partition coefficient (Wildman–Crippen LogP) is 0.0375. The molecule has 0 aromatic heterocycles. The molecule has 1 atom stereocenters. The molecule has 5 heteroatoms. The van der Waals surface area contributed by atoms with E-state index >= 15 is 0 Å². The van der Waals surface area contributed by atoms with Gasteiger partial charge in [-0.05, 0) is 20.3 Å². The highest BCUT2D eigenvalue weighted by atomic mass is 16.5. The lowest BCUT2D eigenvalue weighted by Gasteiger charge is -2.19. The van der Waals surface area contributed by atoms with Crippen LogP contribution in [0.4, 0.5) is 0 Å². The number of ether oxygens (including phenoxy) is 1. The van der Waals surface area contributed by atoms with Crippen LogP contribution in [0.1, 0.15) is 26.7 Å². The van der Waals surface area contributed by atoms with Crippen LogP contribution >= 0.6 is 0 Å². The Morgan fingerprint density at radius 1 is 1.50 bits per heavy atom. The highest BCUT2D eigenvalue weighted by molar-refractivity contribution is 5.79. The number of hydrogen-bond donors (Lipinski definition) is 2. The molecule has 0 bridgehead atoms. The Morgan fingerprint density at radius 2 is 2.12 bits per heavy atom. The first-order valence-corrected chi connectivity index (χ1v) is 4.99. The van der Waals surface area contributed by atoms with E-state index in [1.54, 1.807) is 13.8 Å². The number of carbonyl (C=O) groups excluding carboxylic acids is 1. The second-order valence-electron chi connectivity index (χ2n) is 3.72. The summed E-state index contributed by atoms with van der Waals surface area (Å²) >= 11 is 0. The van der Waals surface area contributed by atoms with Crippen molar-refractivity contribution in [2.45, 2.75) is 32.2 Å². The van der Waals surface area contributed by atoms with Crippen molar-refractivity contribution in [1.82, 2.24) is 0 Å². The lowest BCUT2D eigenvalue weighted by Crippen LogP contribution is -2.45. The Kier molecular flexibility index (Phi) is 6.19. The highest BCUT2D eigenvalue weighted by Crippen LogP contribution is 2.09. The van der Waals surface area contributed by atoms with E-state index < -0.39 is 11.5 Å². The molecule has 0 saturated carbocycles. The van der Waals surface area contributed by atoms with Gasteiger partial charge in [-0.1, -0.05) is 5.92 Å². The van der Waals surface area contributed by atoms with E-state index in [4.69, 9.17) is 11.5 Å². The third kappa shape index (κ3) is 6.04. The van der Waals surface area contributed by atoms with Crippen LogP contribution in [0.2, 0.25) is 0 Å². The minimum Gasteiger partial charge on any atom is -0.468 e. The molecule has 16 heavy (non-hydrogen) atoms. The molecular weight excluding hydrogens is 206 g/mol. The van der Waals surface area contributed by atoms with E-state index in [0.29, 0.717) is 25.2 Å². The number of hydrogen-bond acceptors (Lipinski definition) is 4. The minimum atomic E-state index is -0.976. The van der Waals surface area contributed by atoms with Gasteiger partial charge in [-0.15, -0.1) is 5.92 Å². The van der Waals surface area contributed by atoms with Gasteiger partial charge in [0.25, 0.3) is 0 Å². The van der Waals surface area contributed by atoms with Gasteiger partial charge in [0.05, 0.1) is 12.9 Å². The normalized spacial score (nSPS) is 14.6. The Morgan fingerprint density at radius 3 is 2.62 bits per heavy atom. The lowest BCUT2D eigenvalue weighted by atomic mass is 9.98. The lowest BCUT2D eigenvalue weighted by molar-refractivity contribution is -0.146. The number of carbonyl (C=O) groups is 1. The summed E-state index contributed by atoms with van der Waals surface area (Å²) in [4.78, 5) is 15.1. The Labute approximate surface area is 96.2 Å². The average molecular weight is 225 g/mol. The van der Waals surface area contributed by atoms with Gasteiger partial charge in [-0.2, -0.15) is 0 Å². The van der Waals surface area contributed by atoms with Crippen LogP contribution in [0.5, 0.6) is 0 Å². The van der Waals surface area contributed by atoms with Crippen molar-refractivity contribution < 1.29 is 9.53 Å². The molecule has 0 spiro atoms. The van der Waals surface area contributed by atoms with Crippen LogP contribution in [0.25, 0.3) is 0 Å². The standard InChI is InChI=1S/C11H19N3O2/c1-9(12)14-8-6-4-5-7-11(2,13)10(15)16-3/h5,7-8,13H2,1-3H3,(H2,12,14). The van der Waals surface area contributed by atoms with Gasteiger partial charge >= 0.3 is 5.97 Å². The monoisotopic (exact) mass is 225 g/mol. The van der Waals surface area contributed by atoms with Crippen LogP contribution in [0.15, 0.2) is 4.99 Å². The summed E-state index contributed by atoms with van der Waals surface area (Å²) in [7, 11) is 1.32. The molecule has 0 fully saturated rings. The van der Waals surface area contributed by atoms with E-state index in [1.807, 2.05) is 0 Å². The number of amidine groups is 1. The minimum absolute atomic E-state index is 0.377. The molecule has 90 valence electrons. The van der Waals surface area contributed by atoms with Crippen molar-refractivity contribution in [3.63, 3.8) is 0 Å². The molecule has 0 amide bonds. The van der Waals surface area contributed by atoms with Crippen LogP contribution < -0.4 is 11.5 Å². The van der Waals surface area contributed by atoms with Crippen molar-refractivity contribution in [3.05, 3.63) is 0 Å². The summed E-state index contributed by atoms with van der Waals surface area (Å²) in [5, 5.41) is 0. The van der Waals surface area contributed by atoms with Gasteiger partial charge < -0.3 is 16.2 Å². The largest absolute Gasteiger partial charge is 0.468 e. The summed E-state index contributed by atoms with van der Waals surface area (Å²) in [6.45, 7) is 3.71. The summed E-state index contributed by atoms with van der Waals surface area (Å²) < 4.78 is 4.57. The second-order valence-corrected chi connectivity index (χ2v) is 3.72. The van der Waals surface area contributed by atoms with Gasteiger partial charge in [0, 0.05) is 6.42 Å². The predicted molar refractivity (Wildman–Crippen MR) is 63.8 cm³/mol. The first-order valence-electron chi connectivity index (χ1n) is 4.99. The fourth-order valence-corrected chi connectivity index (χ4v) is 0.966. The molecule has 0 aromatic carbocycles. The number of aliphatic imine (C=N–C) groups is 1. The molecule has 0 aliphatic carbocycles. The zero-order valence-corrected chi connectivity index (χ0v) is 10.0. The van der Waals surface area contributed by atoms with E-state index in [1.165, 1.54) is 7.11 Å².